The van der Waals surface area contributed by atoms with Crippen LogP contribution in [0.15, 0.2) is 53.1 Å². The monoisotopic (exact) mass is 269 g/mol. The first-order valence-electron chi connectivity index (χ1n) is 7.53. The molecule has 1 fully saturated rings. The molecule has 1 aliphatic carbocycles. The summed E-state index contributed by atoms with van der Waals surface area (Å²) in [4.78, 5) is 0. The van der Waals surface area contributed by atoms with Gasteiger partial charge in [0.25, 0.3) is 0 Å². The second kappa shape index (κ2) is 5.45. The average molecular weight is 269 g/mol. The van der Waals surface area contributed by atoms with E-state index in [-0.39, 0.29) is 6.04 Å². The Bertz CT molecular complexity index is 526. The first-order valence-corrected chi connectivity index (χ1v) is 7.53. The molecule has 20 heavy (non-hydrogen) atoms. The van der Waals surface area contributed by atoms with Crippen molar-refractivity contribution in [3.8, 4) is 0 Å². The Balaban J connectivity index is 1.77. The SMILES string of the molecule is CC(C)C1(CNC(c2ccccc2)c2ccco2)CC1. The zero-order valence-electron chi connectivity index (χ0n) is 12.3. The minimum absolute atomic E-state index is 0.155. The van der Waals surface area contributed by atoms with Crippen molar-refractivity contribution in [1.82, 2.24) is 5.32 Å². The van der Waals surface area contributed by atoms with Crippen LogP contribution in [0.2, 0.25) is 0 Å². The molecule has 1 aliphatic rings. The zero-order chi connectivity index (χ0) is 14.0. The minimum Gasteiger partial charge on any atom is -0.467 e. The van der Waals surface area contributed by atoms with Crippen LogP contribution >= 0.6 is 0 Å². The summed E-state index contributed by atoms with van der Waals surface area (Å²) in [6.45, 7) is 5.73. The summed E-state index contributed by atoms with van der Waals surface area (Å²) in [5.74, 6) is 1.73. The summed E-state index contributed by atoms with van der Waals surface area (Å²) in [6.07, 6.45) is 4.44. The quantitative estimate of drug-likeness (QED) is 0.841. The maximum absolute atomic E-state index is 5.63. The molecule has 2 aromatic rings. The van der Waals surface area contributed by atoms with Crippen LogP contribution in [-0.4, -0.2) is 6.54 Å². The van der Waals surface area contributed by atoms with Crippen molar-refractivity contribution in [3.05, 3.63) is 60.1 Å². The molecule has 0 radical (unpaired) electrons. The molecule has 0 bridgehead atoms. The van der Waals surface area contributed by atoms with Gasteiger partial charge in [0, 0.05) is 6.54 Å². The summed E-state index contributed by atoms with van der Waals surface area (Å²) in [5.41, 5.74) is 1.77. The molecule has 106 valence electrons. The summed E-state index contributed by atoms with van der Waals surface area (Å²) < 4.78 is 5.63. The second-order valence-corrected chi connectivity index (χ2v) is 6.26. The van der Waals surface area contributed by atoms with Crippen LogP contribution in [0.25, 0.3) is 0 Å². The number of hydrogen-bond acceptors (Lipinski definition) is 2. The highest BCUT2D eigenvalue weighted by atomic mass is 16.3. The molecule has 0 saturated heterocycles. The minimum atomic E-state index is 0.155. The Hall–Kier alpha value is -1.54. The first-order chi connectivity index (χ1) is 9.71. The van der Waals surface area contributed by atoms with E-state index in [1.807, 2.05) is 6.07 Å². The molecule has 1 heterocycles. The largest absolute Gasteiger partial charge is 0.467 e. The molecule has 2 heteroatoms. The van der Waals surface area contributed by atoms with Crippen LogP contribution < -0.4 is 5.32 Å². The number of nitrogens with one attached hydrogen (secondary N) is 1. The van der Waals surface area contributed by atoms with Crippen LogP contribution in [0.5, 0.6) is 0 Å². The van der Waals surface area contributed by atoms with E-state index in [0.29, 0.717) is 5.41 Å². The fourth-order valence-electron chi connectivity index (χ4n) is 2.91. The highest BCUT2D eigenvalue weighted by Crippen LogP contribution is 2.51. The van der Waals surface area contributed by atoms with Crippen molar-refractivity contribution >= 4 is 0 Å². The molecule has 2 nitrogen and oxygen atoms in total. The predicted octanol–water partition coefficient (Wildman–Crippen LogP) is 4.39. The van der Waals surface area contributed by atoms with E-state index < -0.39 is 0 Å². The Morgan fingerprint density at radius 2 is 1.85 bits per heavy atom. The lowest BCUT2D eigenvalue weighted by molar-refractivity contribution is 0.318. The van der Waals surface area contributed by atoms with Gasteiger partial charge in [-0.05, 0) is 41.9 Å². The van der Waals surface area contributed by atoms with Crippen molar-refractivity contribution < 1.29 is 4.42 Å². The second-order valence-electron chi connectivity index (χ2n) is 6.26. The van der Waals surface area contributed by atoms with E-state index in [1.165, 1.54) is 18.4 Å². The molecular weight excluding hydrogens is 246 g/mol. The summed E-state index contributed by atoms with van der Waals surface area (Å²) in [5, 5.41) is 3.73. The van der Waals surface area contributed by atoms with E-state index >= 15 is 0 Å². The fourth-order valence-corrected chi connectivity index (χ4v) is 2.91. The Morgan fingerprint density at radius 1 is 1.10 bits per heavy atom. The molecule has 1 N–H and O–H groups in total. The molecule has 1 atom stereocenters. The normalized spacial score (nSPS) is 18.1. The van der Waals surface area contributed by atoms with Gasteiger partial charge in [-0.25, -0.2) is 0 Å². The molecular formula is C18H23NO. The fraction of sp³-hybridized carbons (Fsp3) is 0.444. The van der Waals surface area contributed by atoms with Gasteiger partial charge in [-0.3, -0.25) is 0 Å². The van der Waals surface area contributed by atoms with E-state index in [2.05, 4.69) is 55.6 Å². The highest BCUT2D eigenvalue weighted by Gasteiger charge is 2.45. The van der Waals surface area contributed by atoms with Gasteiger partial charge in [0.05, 0.1) is 12.3 Å². The molecule has 1 unspecified atom stereocenters. The Labute approximate surface area is 121 Å². The molecule has 1 saturated carbocycles. The number of rotatable bonds is 6. The summed E-state index contributed by atoms with van der Waals surface area (Å²) in [6, 6.07) is 14.7. The molecule has 0 spiro atoms. The molecule has 3 rings (SSSR count). The highest BCUT2D eigenvalue weighted by molar-refractivity contribution is 5.26. The van der Waals surface area contributed by atoms with Gasteiger partial charge in [-0.1, -0.05) is 44.2 Å². The van der Waals surface area contributed by atoms with Crippen molar-refractivity contribution in [1.29, 1.82) is 0 Å². The third kappa shape index (κ3) is 2.66. The average Bonchev–Trinajstić information content (AvgIpc) is 3.07. The smallest absolute Gasteiger partial charge is 0.125 e. The predicted molar refractivity (Wildman–Crippen MR) is 81.5 cm³/mol. The van der Waals surface area contributed by atoms with Crippen molar-refractivity contribution in [2.24, 2.45) is 11.3 Å². The van der Waals surface area contributed by atoms with Crippen molar-refractivity contribution in [2.45, 2.75) is 32.7 Å². The zero-order valence-corrected chi connectivity index (χ0v) is 12.3. The van der Waals surface area contributed by atoms with Crippen LogP contribution in [0, 0.1) is 11.3 Å². The van der Waals surface area contributed by atoms with E-state index in [9.17, 15) is 0 Å². The van der Waals surface area contributed by atoms with Crippen molar-refractivity contribution in [3.63, 3.8) is 0 Å². The number of hydrogen-bond donors (Lipinski definition) is 1. The van der Waals surface area contributed by atoms with E-state index in [4.69, 9.17) is 4.42 Å². The van der Waals surface area contributed by atoms with Crippen LogP contribution in [0.3, 0.4) is 0 Å². The number of furan rings is 1. The van der Waals surface area contributed by atoms with E-state index in [1.54, 1.807) is 6.26 Å². The lowest BCUT2D eigenvalue weighted by Crippen LogP contribution is -2.31. The standard InChI is InChI=1S/C18H23NO/c1-14(2)18(10-11-18)13-19-17(16-9-6-12-20-16)15-7-4-3-5-8-15/h3-9,12,14,17,19H,10-11,13H2,1-2H3. The maximum atomic E-state index is 5.63. The summed E-state index contributed by atoms with van der Waals surface area (Å²) in [7, 11) is 0. The van der Waals surface area contributed by atoms with Gasteiger partial charge < -0.3 is 9.73 Å². The van der Waals surface area contributed by atoms with Crippen LogP contribution in [0.4, 0.5) is 0 Å². The van der Waals surface area contributed by atoms with Gasteiger partial charge in [-0.2, -0.15) is 0 Å². The third-order valence-corrected chi connectivity index (χ3v) is 4.74. The molecule has 1 aromatic heterocycles. The lowest BCUT2D eigenvalue weighted by Gasteiger charge is -2.24. The number of benzene rings is 1. The topological polar surface area (TPSA) is 25.2 Å². The van der Waals surface area contributed by atoms with Gasteiger partial charge in [0.1, 0.15) is 5.76 Å². The van der Waals surface area contributed by atoms with E-state index in [0.717, 1.165) is 18.2 Å². The Morgan fingerprint density at radius 3 is 2.40 bits per heavy atom. The van der Waals surface area contributed by atoms with Gasteiger partial charge in [0.15, 0.2) is 0 Å². The molecule has 1 aromatic carbocycles. The van der Waals surface area contributed by atoms with Gasteiger partial charge >= 0.3 is 0 Å². The van der Waals surface area contributed by atoms with Gasteiger partial charge in [0.2, 0.25) is 0 Å². The summed E-state index contributed by atoms with van der Waals surface area (Å²) >= 11 is 0. The third-order valence-electron chi connectivity index (χ3n) is 4.74. The molecule has 0 aliphatic heterocycles. The van der Waals surface area contributed by atoms with Crippen molar-refractivity contribution in [2.75, 3.05) is 6.54 Å². The van der Waals surface area contributed by atoms with Crippen LogP contribution in [0.1, 0.15) is 44.1 Å². The van der Waals surface area contributed by atoms with Gasteiger partial charge in [-0.15, -0.1) is 0 Å². The van der Waals surface area contributed by atoms with Crippen LogP contribution in [-0.2, 0) is 0 Å². The Kier molecular flexibility index (Phi) is 3.66. The maximum Gasteiger partial charge on any atom is 0.125 e. The molecule has 0 amide bonds. The lowest BCUT2D eigenvalue weighted by atomic mass is 9.91. The first kappa shape index (κ1) is 13.4.